The Morgan fingerprint density at radius 1 is 1.39 bits per heavy atom. The molecule has 0 spiro atoms. The quantitative estimate of drug-likeness (QED) is 0.801. The van der Waals surface area contributed by atoms with Crippen molar-refractivity contribution in [2.75, 3.05) is 14.2 Å². The van der Waals surface area contributed by atoms with Gasteiger partial charge in [-0.15, -0.1) is 0 Å². The Morgan fingerprint density at radius 3 is 2.50 bits per heavy atom. The van der Waals surface area contributed by atoms with Gasteiger partial charge in [0.25, 0.3) is 0 Å². The van der Waals surface area contributed by atoms with Crippen LogP contribution in [0, 0.1) is 0 Å². The van der Waals surface area contributed by atoms with Gasteiger partial charge in [-0.2, -0.15) is 0 Å². The Balaban J connectivity index is 3.11. The lowest BCUT2D eigenvalue weighted by Gasteiger charge is -2.24. The summed E-state index contributed by atoms with van der Waals surface area (Å²) in [7, 11) is 3.09. The van der Waals surface area contributed by atoms with Crippen LogP contribution in [0.15, 0.2) is 18.2 Å². The minimum absolute atomic E-state index is 0.194. The van der Waals surface area contributed by atoms with Gasteiger partial charge in [0.2, 0.25) is 0 Å². The van der Waals surface area contributed by atoms with Crippen LogP contribution in [-0.2, 0) is 11.2 Å². The fourth-order valence-corrected chi connectivity index (χ4v) is 1.71. The van der Waals surface area contributed by atoms with Gasteiger partial charge in [0.15, 0.2) is 0 Å². The standard InChI is InChI=1S/C13H19NO4/c1-4-13(14,12(15)16)8-9-7-10(17-2)5-6-11(9)18-3/h5-7H,4,8,14H2,1-3H3,(H,15,16)/t13-/m0/s1. The number of rotatable bonds is 6. The fraction of sp³-hybridized carbons (Fsp3) is 0.462. The molecule has 0 saturated heterocycles. The third-order valence-electron chi connectivity index (χ3n) is 3.05. The van der Waals surface area contributed by atoms with E-state index in [1.165, 1.54) is 7.11 Å². The lowest BCUT2D eigenvalue weighted by atomic mass is 9.89. The number of nitrogens with two attached hydrogens (primary N) is 1. The molecule has 5 heteroatoms. The summed E-state index contributed by atoms with van der Waals surface area (Å²) < 4.78 is 10.3. The Hall–Kier alpha value is -1.75. The second kappa shape index (κ2) is 5.73. The summed E-state index contributed by atoms with van der Waals surface area (Å²) >= 11 is 0. The van der Waals surface area contributed by atoms with Gasteiger partial charge in [-0.25, -0.2) is 0 Å². The normalized spacial score (nSPS) is 13.8. The number of carboxylic acid groups (broad SMARTS) is 1. The van der Waals surface area contributed by atoms with E-state index >= 15 is 0 Å². The van der Waals surface area contributed by atoms with E-state index in [4.69, 9.17) is 15.2 Å². The van der Waals surface area contributed by atoms with E-state index in [0.29, 0.717) is 17.9 Å². The summed E-state index contributed by atoms with van der Waals surface area (Å²) in [6, 6.07) is 5.25. The monoisotopic (exact) mass is 253 g/mol. The number of aliphatic carboxylic acids is 1. The number of carbonyl (C=O) groups is 1. The first-order valence-corrected chi connectivity index (χ1v) is 5.70. The van der Waals surface area contributed by atoms with E-state index in [1.54, 1.807) is 32.2 Å². The lowest BCUT2D eigenvalue weighted by molar-refractivity contribution is -0.143. The molecule has 0 heterocycles. The zero-order valence-electron chi connectivity index (χ0n) is 10.9. The summed E-state index contributed by atoms with van der Waals surface area (Å²) in [6.45, 7) is 1.75. The first kappa shape index (κ1) is 14.3. The first-order valence-electron chi connectivity index (χ1n) is 5.70. The minimum Gasteiger partial charge on any atom is -0.497 e. The number of hydrogen-bond acceptors (Lipinski definition) is 4. The third kappa shape index (κ3) is 2.92. The maximum Gasteiger partial charge on any atom is 0.324 e. The summed E-state index contributed by atoms with van der Waals surface area (Å²) in [5, 5.41) is 9.19. The van der Waals surface area contributed by atoms with Crippen LogP contribution in [0.5, 0.6) is 11.5 Å². The summed E-state index contributed by atoms with van der Waals surface area (Å²) in [4.78, 5) is 11.2. The predicted octanol–water partition coefficient (Wildman–Crippen LogP) is 1.44. The molecule has 0 amide bonds. The van der Waals surface area contributed by atoms with Crippen LogP contribution in [-0.4, -0.2) is 30.8 Å². The van der Waals surface area contributed by atoms with E-state index in [-0.39, 0.29) is 6.42 Å². The van der Waals surface area contributed by atoms with Crippen molar-refractivity contribution in [3.05, 3.63) is 23.8 Å². The highest BCUT2D eigenvalue weighted by Crippen LogP contribution is 2.28. The van der Waals surface area contributed by atoms with Gasteiger partial charge in [0.05, 0.1) is 14.2 Å². The van der Waals surface area contributed by atoms with Crippen molar-refractivity contribution >= 4 is 5.97 Å². The summed E-state index contributed by atoms with van der Waals surface area (Å²) in [6.07, 6.45) is 0.530. The molecule has 0 bridgehead atoms. The zero-order valence-corrected chi connectivity index (χ0v) is 10.9. The van der Waals surface area contributed by atoms with Crippen molar-refractivity contribution in [2.24, 2.45) is 5.73 Å². The molecular formula is C13H19NO4. The Morgan fingerprint density at radius 2 is 2.06 bits per heavy atom. The maximum atomic E-state index is 11.2. The molecular weight excluding hydrogens is 234 g/mol. The van der Waals surface area contributed by atoms with Gasteiger partial charge in [0.1, 0.15) is 17.0 Å². The molecule has 0 aliphatic rings. The Bertz CT molecular complexity index is 433. The topological polar surface area (TPSA) is 81.8 Å². The zero-order chi connectivity index (χ0) is 13.8. The van der Waals surface area contributed by atoms with Crippen LogP contribution >= 0.6 is 0 Å². The summed E-state index contributed by atoms with van der Waals surface area (Å²) in [5.74, 6) is 0.241. The molecule has 100 valence electrons. The van der Waals surface area contributed by atoms with Crippen molar-refractivity contribution in [1.82, 2.24) is 0 Å². The molecule has 0 aromatic heterocycles. The number of methoxy groups -OCH3 is 2. The second-order valence-corrected chi connectivity index (χ2v) is 4.17. The van der Waals surface area contributed by atoms with Crippen molar-refractivity contribution < 1.29 is 19.4 Å². The molecule has 0 radical (unpaired) electrons. The van der Waals surface area contributed by atoms with Crippen molar-refractivity contribution in [1.29, 1.82) is 0 Å². The van der Waals surface area contributed by atoms with Crippen LogP contribution in [0.4, 0.5) is 0 Å². The molecule has 1 rings (SSSR count). The van der Waals surface area contributed by atoms with Crippen molar-refractivity contribution in [3.63, 3.8) is 0 Å². The molecule has 0 aliphatic carbocycles. The van der Waals surface area contributed by atoms with Gasteiger partial charge in [0, 0.05) is 12.0 Å². The number of carboxylic acids is 1. The first-order chi connectivity index (χ1) is 8.46. The Kier molecular flexibility index (Phi) is 4.55. The van der Waals surface area contributed by atoms with Gasteiger partial charge in [-0.3, -0.25) is 4.79 Å². The van der Waals surface area contributed by atoms with Gasteiger partial charge in [-0.05, 0) is 24.6 Å². The third-order valence-corrected chi connectivity index (χ3v) is 3.05. The Labute approximate surface area is 107 Å². The molecule has 5 nitrogen and oxygen atoms in total. The maximum absolute atomic E-state index is 11.2. The van der Waals surface area contributed by atoms with E-state index in [1.807, 2.05) is 0 Å². The number of benzene rings is 1. The van der Waals surface area contributed by atoms with Gasteiger partial charge >= 0.3 is 5.97 Å². The van der Waals surface area contributed by atoms with E-state index < -0.39 is 11.5 Å². The summed E-state index contributed by atoms with van der Waals surface area (Å²) in [5.41, 5.74) is 5.32. The van der Waals surface area contributed by atoms with Crippen LogP contribution in [0.3, 0.4) is 0 Å². The van der Waals surface area contributed by atoms with Gasteiger partial charge < -0.3 is 20.3 Å². The predicted molar refractivity (Wildman–Crippen MR) is 68.1 cm³/mol. The fourth-order valence-electron chi connectivity index (χ4n) is 1.71. The molecule has 18 heavy (non-hydrogen) atoms. The van der Waals surface area contributed by atoms with E-state index in [9.17, 15) is 9.90 Å². The average molecular weight is 253 g/mol. The van der Waals surface area contributed by atoms with Gasteiger partial charge in [-0.1, -0.05) is 6.92 Å². The molecule has 0 unspecified atom stereocenters. The van der Waals surface area contributed by atoms with Crippen molar-refractivity contribution in [3.8, 4) is 11.5 Å². The number of hydrogen-bond donors (Lipinski definition) is 2. The average Bonchev–Trinajstić information content (AvgIpc) is 2.38. The van der Waals surface area contributed by atoms with Crippen LogP contribution in [0.25, 0.3) is 0 Å². The van der Waals surface area contributed by atoms with Crippen LogP contribution in [0.1, 0.15) is 18.9 Å². The molecule has 0 aliphatic heterocycles. The molecule has 1 aromatic rings. The van der Waals surface area contributed by atoms with E-state index in [2.05, 4.69) is 0 Å². The molecule has 1 aromatic carbocycles. The van der Waals surface area contributed by atoms with Crippen LogP contribution < -0.4 is 15.2 Å². The highest BCUT2D eigenvalue weighted by molar-refractivity contribution is 5.79. The molecule has 3 N–H and O–H groups in total. The minimum atomic E-state index is -1.29. The number of ether oxygens (including phenoxy) is 2. The van der Waals surface area contributed by atoms with Crippen molar-refractivity contribution in [2.45, 2.75) is 25.3 Å². The lowest BCUT2D eigenvalue weighted by Crippen LogP contribution is -2.49. The van der Waals surface area contributed by atoms with Crippen LogP contribution in [0.2, 0.25) is 0 Å². The molecule has 0 fully saturated rings. The molecule has 0 saturated carbocycles. The second-order valence-electron chi connectivity index (χ2n) is 4.17. The highest BCUT2D eigenvalue weighted by atomic mass is 16.5. The molecule has 1 atom stereocenters. The SMILES string of the molecule is CC[C@](N)(Cc1cc(OC)ccc1OC)C(=O)O. The smallest absolute Gasteiger partial charge is 0.324 e. The highest BCUT2D eigenvalue weighted by Gasteiger charge is 2.33. The van der Waals surface area contributed by atoms with E-state index in [0.717, 1.165) is 5.56 Å². The largest absolute Gasteiger partial charge is 0.497 e.